The van der Waals surface area contributed by atoms with Crippen LogP contribution in [0.5, 0.6) is 0 Å². The van der Waals surface area contributed by atoms with Crippen molar-refractivity contribution in [1.29, 1.82) is 0 Å². The molecular weight excluding hydrogens is 430 g/mol. The molecule has 1 unspecified atom stereocenters. The highest BCUT2D eigenvalue weighted by atomic mass is 32.1. The topological polar surface area (TPSA) is 43.6 Å². The highest BCUT2D eigenvalue weighted by molar-refractivity contribution is 7.12. The maximum atomic E-state index is 14.5. The second-order valence-electron chi connectivity index (χ2n) is 10.4. The Kier molecular flexibility index (Phi) is 5.10. The van der Waals surface area contributed by atoms with Crippen molar-refractivity contribution in [3.8, 4) is 10.4 Å². The van der Waals surface area contributed by atoms with Crippen molar-refractivity contribution in [2.45, 2.75) is 64.0 Å². The van der Waals surface area contributed by atoms with E-state index in [0.717, 1.165) is 44.8 Å². The Morgan fingerprint density at radius 1 is 1.16 bits per heavy atom. The number of rotatable bonds is 4. The molecule has 0 radical (unpaired) electrons. The van der Waals surface area contributed by atoms with E-state index in [9.17, 15) is 13.6 Å². The summed E-state index contributed by atoms with van der Waals surface area (Å²) in [7, 11) is 0. The Balaban J connectivity index is 1.38. The lowest BCUT2D eigenvalue weighted by molar-refractivity contribution is -0.142. The highest BCUT2D eigenvalue weighted by Gasteiger charge is 2.54. The van der Waals surface area contributed by atoms with Crippen LogP contribution < -0.4 is 4.80 Å². The number of hydrogen-bond acceptors (Lipinski definition) is 3. The summed E-state index contributed by atoms with van der Waals surface area (Å²) in [5.41, 5.74) is 0.0306. The van der Waals surface area contributed by atoms with Gasteiger partial charge in [0, 0.05) is 24.4 Å². The third kappa shape index (κ3) is 3.67. The molecule has 4 bridgehead atoms. The molecule has 1 amide bonds. The molecule has 4 aliphatic carbocycles. The summed E-state index contributed by atoms with van der Waals surface area (Å²) in [5, 5.41) is 0. The number of hydrogen-bond donors (Lipinski definition) is 0. The molecule has 1 aromatic heterocycles. The van der Waals surface area contributed by atoms with Crippen LogP contribution in [-0.2, 0) is 16.1 Å². The smallest absolute Gasteiger partial charge is 0.254 e. The highest BCUT2D eigenvalue weighted by Crippen LogP contribution is 2.60. The van der Waals surface area contributed by atoms with E-state index < -0.39 is 11.6 Å². The summed E-state index contributed by atoms with van der Waals surface area (Å²) in [5.74, 6) is 0.821. The van der Waals surface area contributed by atoms with Crippen molar-refractivity contribution in [1.82, 2.24) is 4.57 Å². The maximum absolute atomic E-state index is 14.5. The van der Waals surface area contributed by atoms with E-state index >= 15 is 0 Å². The zero-order chi connectivity index (χ0) is 21.9. The van der Waals surface area contributed by atoms with Gasteiger partial charge in [-0.15, -0.1) is 0 Å². The van der Waals surface area contributed by atoms with Crippen LogP contribution in [0.25, 0.3) is 10.4 Å². The average molecular weight is 459 g/mol. The van der Waals surface area contributed by atoms with Crippen LogP contribution in [-0.4, -0.2) is 23.2 Å². The SMILES string of the molecule is O=C(N=c1sc(-c2ccc(F)cc2F)cn1CC1CCCO1)C12CC3CC(CC(C3)C1)C2. The number of thiazole rings is 1. The number of carbonyl (C=O) groups excluding carboxylic acids is 1. The molecule has 32 heavy (non-hydrogen) atoms. The van der Waals surface area contributed by atoms with Crippen LogP contribution in [0.1, 0.15) is 51.4 Å². The number of halogens is 2. The minimum absolute atomic E-state index is 0.00525. The third-order valence-corrected chi connectivity index (χ3v) is 9.08. The molecule has 2 aromatic rings. The van der Waals surface area contributed by atoms with Gasteiger partial charge < -0.3 is 9.30 Å². The average Bonchev–Trinajstić information content (AvgIpc) is 3.38. The summed E-state index contributed by atoms with van der Waals surface area (Å²) in [6.07, 6.45) is 10.6. The normalized spacial score (nSPS) is 33.9. The first kappa shape index (κ1) is 20.7. The zero-order valence-corrected chi connectivity index (χ0v) is 18.9. The Morgan fingerprint density at radius 2 is 1.88 bits per heavy atom. The van der Waals surface area contributed by atoms with E-state index in [1.54, 1.807) is 0 Å². The van der Waals surface area contributed by atoms with Crippen LogP contribution in [0, 0.1) is 34.8 Å². The Hall–Kier alpha value is -1.86. The minimum atomic E-state index is -0.602. The first-order valence-electron chi connectivity index (χ1n) is 11.8. The maximum Gasteiger partial charge on any atom is 0.254 e. The van der Waals surface area contributed by atoms with E-state index in [4.69, 9.17) is 4.74 Å². The van der Waals surface area contributed by atoms with E-state index in [1.165, 1.54) is 42.7 Å². The molecule has 7 heteroatoms. The fourth-order valence-corrected chi connectivity index (χ4v) is 8.02. The minimum Gasteiger partial charge on any atom is -0.376 e. The van der Waals surface area contributed by atoms with E-state index in [0.29, 0.717) is 39.5 Å². The number of amides is 1. The molecule has 2 heterocycles. The van der Waals surface area contributed by atoms with Crippen LogP contribution in [0.2, 0.25) is 0 Å². The Labute approximate surface area is 190 Å². The molecule has 4 saturated carbocycles. The van der Waals surface area contributed by atoms with Gasteiger partial charge in [-0.25, -0.2) is 8.78 Å². The lowest BCUT2D eigenvalue weighted by Gasteiger charge is -2.55. The molecule has 1 aromatic carbocycles. The second kappa shape index (κ2) is 7.87. The molecular formula is C25H28F2N2O2S. The predicted octanol–water partition coefficient (Wildman–Crippen LogP) is 5.32. The van der Waals surface area contributed by atoms with Gasteiger partial charge in [-0.2, -0.15) is 4.99 Å². The van der Waals surface area contributed by atoms with Crippen molar-refractivity contribution >= 4 is 17.2 Å². The first-order valence-corrected chi connectivity index (χ1v) is 12.7. The third-order valence-electron chi connectivity index (χ3n) is 8.03. The molecule has 7 rings (SSSR count). The molecule has 1 atom stereocenters. The van der Waals surface area contributed by atoms with Gasteiger partial charge >= 0.3 is 0 Å². The quantitative estimate of drug-likeness (QED) is 0.623. The molecule has 4 nitrogen and oxygen atoms in total. The van der Waals surface area contributed by atoms with Gasteiger partial charge in [0.05, 0.1) is 22.9 Å². The van der Waals surface area contributed by atoms with Gasteiger partial charge in [0.2, 0.25) is 0 Å². The number of benzene rings is 1. The summed E-state index contributed by atoms with van der Waals surface area (Å²) in [6, 6.07) is 3.62. The monoisotopic (exact) mass is 458 g/mol. The lowest BCUT2D eigenvalue weighted by Crippen LogP contribution is -2.50. The van der Waals surface area contributed by atoms with Crippen molar-refractivity contribution in [2.75, 3.05) is 6.61 Å². The van der Waals surface area contributed by atoms with E-state index in [1.807, 2.05) is 10.8 Å². The van der Waals surface area contributed by atoms with Crippen LogP contribution >= 0.6 is 11.3 Å². The van der Waals surface area contributed by atoms with E-state index in [-0.39, 0.29) is 17.4 Å². The lowest BCUT2D eigenvalue weighted by atomic mass is 9.49. The molecule has 0 spiro atoms. The van der Waals surface area contributed by atoms with Gasteiger partial charge in [0.25, 0.3) is 5.91 Å². The fourth-order valence-electron chi connectivity index (χ4n) is 7.00. The Morgan fingerprint density at radius 3 is 2.50 bits per heavy atom. The van der Waals surface area contributed by atoms with Crippen LogP contribution in [0.3, 0.4) is 0 Å². The van der Waals surface area contributed by atoms with E-state index in [2.05, 4.69) is 4.99 Å². The summed E-state index contributed by atoms with van der Waals surface area (Å²) < 4.78 is 35.7. The van der Waals surface area contributed by atoms with Gasteiger partial charge in [0.15, 0.2) is 4.80 Å². The summed E-state index contributed by atoms with van der Waals surface area (Å²) in [4.78, 5) is 19.5. The van der Waals surface area contributed by atoms with Gasteiger partial charge in [-0.05, 0) is 81.3 Å². The van der Waals surface area contributed by atoms with Gasteiger partial charge in [0.1, 0.15) is 11.6 Å². The van der Waals surface area contributed by atoms with Crippen molar-refractivity contribution in [3.63, 3.8) is 0 Å². The Bertz CT molecular complexity index is 1080. The largest absolute Gasteiger partial charge is 0.376 e. The fraction of sp³-hybridized carbons (Fsp3) is 0.600. The number of nitrogens with zero attached hydrogens (tertiary/aromatic N) is 2. The molecule has 1 saturated heterocycles. The van der Waals surface area contributed by atoms with Crippen LogP contribution in [0.4, 0.5) is 8.78 Å². The van der Waals surface area contributed by atoms with Gasteiger partial charge in [-0.1, -0.05) is 11.3 Å². The van der Waals surface area contributed by atoms with Gasteiger partial charge in [-0.3, -0.25) is 4.79 Å². The zero-order valence-electron chi connectivity index (χ0n) is 18.1. The number of aromatic nitrogens is 1. The summed E-state index contributed by atoms with van der Waals surface area (Å²) in [6.45, 7) is 1.33. The molecule has 1 aliphatic heterocycles. The van der Waals surface area contributed by atoms with Crippen molar-refractivity contribution < 1.29 is 18.3 Å². The molecule has 0 N–H and O–H groups in total. The number of ether oxygens (including phenoxy) is 1. The first-order chi connectivity index (χ1) is 15.5. The molecule has 5 fully saturated rings. The standard InChI is InChI=1S/C25H28F2N2O2S/c26-18-3-4-20(21(27)9-18)22-14-29(13-19-2-1-5-31-19)24(32-22)28-23(30)25-10-15-6-16(11-25)8-17(7-15)12-25/h3-4,9,14-17,19H,1-2,5-8,10-13H2. The summed E-state index contributed by atoms with van der Waals surface area (Å²) >= 11 is 1.31. The van der Waals surface area contributed by atoms with Crippen molar-refractivity contribution in [3.05, 3.63) is 40.8 Å². The number of carbonyl (C=O) groups is 1. The molecule has 170 valence electrons. The predicted molar refractivity (Wildman–Crippen MR) is 118 cm³/mol. The van der Waals surface area contributed by atoms with Crippen molar-refractivity contribution in [2.24, 2.45) is 28.2 Å². The second-order valence-corrected chi connectivity index (χ2v) is 11.4. The molecule has 5 aliphatic rings. The van der Waals surface area contributed by atoms with Crippen LogP contribution in [0.15, 0.2) is 29.4 Å².